The Morgan fingerprint density at radius 2 is 1.74 bits per heavy atom. The molecule has 23 heavy (non-hydrogen) atoms. The SMILES string of the molecule is O=C(COC(=O)C1(c2ccc(Cl)cc2)CC1)c1ccccc1Br. The molecule has 0 radical (unpaired) electrons. The maximum absolute atomic E-state index is 12.4. The summed E-state index contributed by atoms with van der Waals surface area (Å²) in [7, 11) is 0. The van der Waals surface area contributed by atoms with Gasteiger partial charge in [-0.1, -0.05) is 57.9 Å². The second-order valence-corrected chi connectivity index (χ2v) is 6.86. The van der Waals surface area contributed by atoms with Crippen LogP contribution in [0.25, 0.3) is 0 Å². The molecule has 0 saturated heterocycles. The zero-order valence-electron chi connectivity index (χ0n) is 12.2. The highest BCUT2D eigenvalue weighted by molar-refractivity contribution is 9.10. The molecule has 0 bridgehead atoms. The highest BCUT2D eigenvalue weighted by atomic mass is 79.9. The number of rotatable bonds is 5. The van der Waals surface area contributed by atoms with Gasteiger partial charge in [-0.3, -0.25) is 9.59 Å². The summed E-state index contributed by atoms with van der Waals surface area (Å²) in [5, 5.41) is 0.627. The van der Waals surface area contributed by atoms with Crippen molar-refractivity contribution in [2.45, 2.75) is 18.3 Å². The minimum atomic E-state index is -0.612. The number of ether oxygens (including phenoxy) is 1. The zero-order valence-corrected chi connectivity index (χ0v) is 14.6. The molecule has 1 saturated carbocycles. The predicted octanol–water partition coefficient (Wildman–Crippen LogP) is 4.56. The van der Waals surface area contributed by atoms with Crippen LogP contribution in [-0.2, 0) is 14.9 Å². The largest absolute Gasteiger partial charge is 0.457 e. The van der Waals surface area contributed by atoms with Gasteiger partial charge in [-0.2, -0.15) is 0 Å². The summed E-state index contributed by atoms with van der Waals surface area (Å²) >= 11 is 9.21. The molecule has 0 aromatic heterocycles. The third-order valence-electron chi connectivity index (χ3n) is 4.05. The Labute approximate surface area is 147 Å². The standard InChI is InChI=1S/C18H14BrClO3/c19-15-4-2-1-3-14(15)16(21)11-23-17(22)18(9-10-18)12-5-7-13(20)8-6-12/h1-8H,9-11H2. The fourth-order valence-corrected chi connectivity index (χ4v) is 3.17. The lowest BCUT2D eigenvalue weighted by molar-refractivity contribution is -0.145. The molecule has 2 aromatic rings. The number of ketones is 1. The summed E-state index contributed by atoms with van der Waals surface area (Å²) in [6.07, 6.45) is 1.47. The van der Waals surface area contributed by atoms with Crippen molar-refractivity contribution in [1.82, 2.24) is 0 Å². The lowest BCUT2D eigenvalue weighted by Gasteiger charge is -2.15. The van der Waals surface area contributed by atoms with E-state index in [2.05, 4.69) is 15.9 Å². The number of hydrogen-bond donors (Lipinski definition) is 0. The van der Waals surface area contributed by atoms with Gasteiger partial charge >= 0.3 is 5.97 Å². The van der Waals surface area contributed by atoms with Crippen molar-refractivity contribution < 1.29 is 14.3 Å². The predicted molar refractivity (Wildman–Crippen MR) is 91.8 cm³/mol. The molecule has 0 atom stereocenters. The molecule has 0 N–H and O–H groups in total. The first-order valence-electron chi connectivity index (χ1n) is 7.24. The quantitative estimate of drug-likeness (QED) is 0.552. The highest BCUT2D eigenvalue weighted by Gasteiger charge is 2.52. The zero-order chi connectivity index (χ0) is 16.4. The molecule has 1 aliphatic rings. The third-order valence-corrected chi connectivity index (χ3v) is 4.99. The first kappa shape index (κ1) is 16.2. The first-order valence-corrected chi connectivity index (χ1v) is 8.41. The third kappa shape index (κ3) is 3.33. The van der Waals surface area contributed by atoms with E-state index < -0.39 is 5.41 Å². The normalized spacial score (nSPS) is 15.0. The van der Waals surface area contributed by atoms with E-state index in [1.807, 2.05) is 18.2 Å². The molecule has 0 amide bonds. The van der Waals surface area contributed by atoms with Gasteiger partial charge in [0, 0.05) is 15.1 Å². The molecule has 1 fully saturated rings. The van der Waals surface area contributed by atoms with Gasteiger partial charge in [-0.25, -0.2) is 0 Å². The van der Waals surface area contributed by atoms with E-state index >= 15 is 0 Å². The smallest absolute Gasteiger partial charge is 0.317 e. The maximum atomic E-state index is 12.4. The lowest BCUT2D eigenvalue weighted by Crippen LogP contribution is -2.26. The fraction of sp³-hybridized carbons (Fsp3) is 0.222. The van der Waals surface area contributed by atoms with E-state index in [1.54, 1.807) is 30.3 Å². The van der Waals surface area contributed by atoms with E-state index in [0.717, 1.165) is 18.4 Å². The van der Waals surface area contributed by atoms with Crippen LogP contribution >= 0.6 is 27.5 Å². The Morgan fingerprint density at radius 1 is 1.09 bits per heavy atom. The number of Topliss-reactive ketones (excluding diaryl/α,β-unsaturated/α-hetero) is 1. The van der Waals surface area contributed by atoms with Crippen LogP contribution in [0, 0.1) is 0 Å². The summed E-state index contributed by atoms with van der Waals surface area (Å²) in [6, 6.07) is 14.3. The van der Waals surface area contributed by atoms with Gasteiger partial charge in [0.25, 0.3) is 0 Å². The van der Waals surface area contributed by atoms with E-state index in [-0.39, 0.29) is 18.4 Å². The van der Waals surface area contributed by atoms with Crippen molar-refractivity contribution in [3.05, 3.63) is 69.2 Å². The Morgan fingerprint density at radius 3 is 2.35 bits per heavy atom. The van der Waals surface area contributed by atoms with Crippen LogP contribution in [0.5, 0.6) is 0 Å². The second kappa shape index (κ2) is 6.46. The topological polar surface area (TPSA) is 43.4 Å². The number of carbonyl (C=O) groups excluding carboxylic acids is 2. The van der Waals surface area contributed by atoms with Crippen molar-refractivity contribution in [1.29, 1.82) is 0 Å². The summed E-state index contributed by atoms with van der Waals surface area (Å²) in [5.74, 6) is -0.571. The molecule has 3 rings (SSSR count). The van der Waals surface area contributed by atoms with Crippen LogP contribution in [0.3, 0.4) is 0 Å². The Hall–Kier alpha value is -1.65. The van der Waals surface area contributed by atoms with Gasteiger partial charge in [0.05, 0.1) is 5.41 Å². The molecule has 0 heterocycles. The van der Waals surface area contributed by atoms with Gasteiger partial charge in [-0.05, 0) is 36.6 Å². The molecule has 3 nitrogen and oxygen atoms in total. The summed E-state index contributed by atoms with van der Waals surface area (Å²) in [6.45, 7) is -0.253. The number of esters is 1. The Bertz CT molecular complexity index is 751. The molecule has 118 valence electrons. The molecule has 0 aliphatic heterocycles. The number of carbonyl (C=O) groups is 2. The summed E-state index contributed by atoms with van der Waals surface area (Å²) in [5.41, 5.74) is 0.788. The number of halogens is 2. The van der Waals surface area contributed by atoms with E-state index in [4.69, 9.17) is 16.3 Å². The minimum absolute atomic E-state index is 0.224. The summed E-state index contributed by atoms with van der Waals surface area (Å²) in [4.78, 5) is 24.6. The number of hydrogen-bond acceptors (Lipinski definition) is 3. The maximum Gasteiger partial charge on any atom is 0.317 e. The van der Waals surface area contributed by atoms with Crippen LogP contribution in [0.1, 0.15) is 28.8 Å². The van der Waals surface area contributed by atoms with Gasteiger partial charge < -0.3 is 4.74 Å². The van der Waals surface area contributed by atoms with Crippen LogP contribution in [0.4, 0.5) is 0 Å². The van der Waals surface area contributed by atoms with Gasteiger partial charge in [0.1, 0.15) is 0 Å². The molecule has 1 aliphatic carbocycles. The summed E-state index contributed by atoms with van der Waals surface area (Å²) < 4.78 is 5.98. The highest BCUT2D eigenvalue weighted by Crippen LogP contribution is 2.49. The van der Waals surface area contributed by atoms with Crippen molar-refractivity contribution in [3.8, 4) is 0 Å². The Kier molecular flexibility index (Phi) is 4.55. The average molecular weight is 394 g/mol. The van der Waals surface area contributed by atoms with E-state index in [9.17, 15) is 9.59 Å². The van der Waals surface area contributed by atoms with E-state index in [1.165, 1.54) is 0 Å². The molecule has 0 unspecified atom stereocenters. The molecule has 2 aromatic carbocycles. The van der Waals surface area contributed by atoms with Crippen LogP contribution in [0.2, 0.25) is 5.02 Å². The van der Waals surface area contributed by atoms with Gasteiger partial charge in [0.2, 0.25) is 5.78 Å². The van der Waals surface area contributed by atoms with Crippen molar-refractivity contribution in [3.63, 3.8) is 0 Å². The lowest BCUT2D eigenvalue weighted by atomic mass is 9.96. The van der Waals surface area contributed by atoms with Crippen molar-refractivity contribution in [2.75, 3.05) is 6.61 Å². The molecular weight excluding hydrogens is 380 g/mol. The monoisotopic (exact) mass is 392 g/mol. The molecule has 0 spiro atoms. The van der Waals surface area contributed by atoms with Crippen LogP contribution in [-0.4, -0.2) is 18.4 Å². The van der Waals surface area contributed by atoms with Crippen molar-refractivity contribution >= 4 is 39.3 Å². The average Bonchev–Trinajstić information content (AvgIpc) is 3.35. The number of benzene rings is 2. The van der Waals surface area contributed by atoms with Crippen LogP contribution < -0.4 is 0 Å². The first-order chi connectivity index (χ1) is 11.0. The van der Waals surface area contributed by atoms with Gasteiger partial charge in [-0.15, -0.1) is 0 Å². The Balaban J connectivity index is 1.67. The molecular formula is C18H14BrClO3. The van der Waals surface area contributed by atoms with Crippen molar-refractivity contribution in [2.24, 2.45) is 0 Å². The van der Waals surface area contributed by atoms with Gasteiger partial charge in [0.15, 0.2) is 6.61 Å². The fourth-order valence-electron chi connectivity index (χ4n) is 2.54. The van der Waals surface area contributed by atoms with E-state index in [0.29, 0.717) is 15.1 Å². The minimum Gasteiger partial charge on any atom is -0.457 e. The second-order valence-electron chi connectivity index (χ2n) is 5.57. The van der Waals surface area contributed by atoms with Crippen LogP contribution in [0.15, 0.2) is 53.0 Å². The molecule has 5 heteroatoms.